The molecule has 0 bridgehead atoms. The van der Waals surface area contributed by atoms with Crippen molar-refractivity contribution >= 4 is 29.5 Å². The van der Waals surface area contributed by atoms with Crippen molar-refractivity contribution in [1.82, 2.24) is 15.5 Å². The van der Waals surface area contributed by atoms with Crippen LogP contribution < -0.4 is 10.6 Å². The Morgan fingerprint density at radius 3 is 2.52 bits per heavy atom. The van der Waals surface area contributed by atoms with Crippen LogP contribution in [0.5, 0.6) is 0 Å². The highest BCUT2D eigenvalue weighted by atomic mass is 32.2. The Morgan fingerprint density at radius 2 is 1.87 bits per heavy atom. The number of hydrogen-bond donors (Lipinski definition) is 2. The van der Waals surface area contributed by atoms with Crippen molar-refractivity contribution in [3.8, 4) is 0 Å². The molecule has 2 heterocycles. The Morgan fingerprint density at radius 1 is 1.19 bits per heavy atom. The van der Waals surface area contributed by atoms with Crippen LogP contribution in [0.3, 0.4) is 0 Å². The summed E-state index contributed by atoms with van der Waals surface area (Å²) in [6, 6.07) is 6.30. The second kappa shape index (κ2) is 9.23. The molecule has 0 radical (unpaired) electrons. The van der Waals surface area contributed by atoms with Gasteiger partial charge < -0.3 is 15.5 Å². The van der Waals surface area contributed by atoms with Gasteiger partial charge in [-0.3, -0.25) is 14.4 Å². The Hall–Kier alpha value is -2.02. The Kier molecular flexibility index (Phi) is 7.04. The molecule has 1 saturated heterocycles. The second-order valence-electron chi connectivity index (χ2n) is 9.62. The van der Waals surface area contributed by atoms with Crippen LogP contribution in [-0.2, 0) is 9.59 Å². The van der Waals surface area contributed by atoms with Gasteiger partial charge in [0.2, 0.25) is 11.8 Å². The summed E-state index contributed by atoms with van der Waals surface area (Å²) in [5.74, 6) is -0.0411. The van der Waals surface area contributed by atoms with Crippen molar-refractivity contribution in [2.45, 2.75) is 76.6 Å². The number of carbonyl (C=O) groups is 3. The molecule has 0 aromatic heterocycles. The molecule has 2 N–H and O–H groups in total. The molecular formula is C24H35N3O3S. The van der Waals surface area contributed by atoms with Crippen LogP contribution in [0.15, 0.2) is 24.3 Å². The van der Waals surface area contributed by atoms with Gasteiger partial charge in [0.1, 0.15) is 17.5 Å². The molecule has 170 valence electrons. The summed E-state index contributed by atoms with van der Waals surface area (Å²) >= 11 is 1.63. The van der Waals surface area contributed by atoms with Gasteiger partial charge in [0.15, 0.2) is 0 Å². The summed E-state index contributed by atoms with van der Waals surface area (Å²) in [5.41, 5.74) is 1.63. The highest BCUT2D eigenvalue weighted by Gasteiger charge is 2.57. The quantitative estimate of drug-likeness (QED) is 0.639. The maximum absolute atomic E-state index is 13.5. The topological polar surface area (TPSA) is 78.5 Å². The minimum atomic E-state index is -0.641. The van der Waals surface area contributed by atoms with Crippen molar-refractivity contribution < 1.29 is 14.4 Å². The van der Waals surface area contributed by atoms with E-state index in [2.05, 4.69) is 24.5 Å². The number of nitrogens with one attached hydrogen (secondary N) is 2. The minimum Gasteiger partial charge on any atom is -0.354 e. The maximum atomic E-state index is 13.5. The van der Waals surface area contributed by atoms with E-state index >= 15 is 0 Å². The Bertz CT molecular complexity index is 854. The molecule has 0 spiro atoms. The van der Waals surface area contributed by atoms with E-state index in [-0.39, 0.29) is 29.0 Å². The fraction of sp³-hybridized carbons (Fsp3) is 0.625. The molecule has 31 heavy (non-hydrogen) atoms. The van der Waals surface area contributed by atoms with Crippen LogP contribution in [0, 0.1) is 11.8 Å². The summed E-state index contributed by atoms with van der Waals surface area (Å²) in [4.78, 5) is 41.3. The predicted octanol–water partition coefficient (Wildman–Crippen LogP) is 3.73. The molecule has 1 fully saturated rings. The van der Waals surface area contributed by atoms with Crippen LogP contribution in [0.25, 0.3) is 0 Å². The average molecular weight is 446 g/mol. The molecule has 3 amide bonds. The summed E-state index contributed by atoms with van der Waals surface area (Å²) in [6.45, 7) is 12.8. The van der Waals surface area contributed by atoms with Crippen LogP contribution in [0.2, 0.25) is 0 Å². The molecule has 1 aromatic carbocycles. The maximum Gasteiger partial charge on any atom is 0.256 e. The highest BCUT2D eigenvalue weighted by Crippen LogP contribution is 2.56. The van der Waals surface area contributed by atoms with Gasteiger partial charge in [0.05, 0.1) is 0 Å². The van der Waals surface area contributed by atoms with Crippen molar-refractivity contribution in [3.63, 3.8) is 0 Å². The molecule has 2 aliphatic heterocycles. The molecule has 2 aliphatic rings. The number of benzene rings is 1. The number of fused-ring (bicyclic) bond motifs is 3. The summed E-state index contributed by atoms with van der Waals surface area (Å²) in [6.07, 6.45) is 1.66. The van der Waals surface area contributed by atoms with E-state index in [4.69, 9.17) is 0 Å². The second-order valence-corrected chi connectivity index (χ2v) is 11.4. The first-order chi connectivity index (χ1) is 14.6. The van der Waals surface area contributed by atoms with E-state index in [1.807, 2.05) is 52.0 Å². The molecular weight excluding hydrogens is 410 g/mol. The third kappa shape index (κ3) is 4.61. The molecule has 7 heteroatoms. The third-order valence-electron chi connectivity index (χ3n) is 6.36. The van der Waals surface area contributed by atoms with Gasteiger partial charge >= 0.3 is 0 Å². The van der Waals surface area contributed by atoms with Gasteiger partial charge in [-0.2, -0.15) is 0 Å². The third-order valence-corrected chi connectivity index (χ3v) is 7.89. The number of thioether (sulfide) groups is 1. The van der Waals surface area contributed by atoms with E-state index in [9.17, 15) is 14.4 Å². The van der Waals surface area contributed by atoms with Crippen molar-refractivity contribution in [2.24, 2.45) is 11.8 Å². The largest absolute Gasteiger partial charge is 0.354 e. The van der Waals surface area contributed by atoms with Crippen molar-refractivity contribution in [3.05, 3.63) is 35.4 Å². The van der Waals surface area contributed by atoms with Crippen LogP contribution in [-0.4, -0.2) is 46.0 Å². The zero-order valence-electron chi connectivity index (χ0n) is 19.4. The fourth-order valence-corrected chi connectivity index (χ4v) is 5.92. The van der Waals surface area contributed by atoms with Crippen LogP contribution in [0.4, 0.5) is 0 Å². The number of carbonyl (C=O) groups excluding carboxylic acids is 3. The fourth-order valence-electron chi connectivity index (χ4n) is 4.33. The average Bonchev–Trinajstić information content (AvgIpc) is 3.14. The lowest BCUT2D eigenvalue weighted by atomic mass is 9.95. The van der Waals surface area contributed by atoms with E-state index in [0.29, 0.717) is 18.0 Å². The standard InChI is InChI=1S/C24H35N3O3S/c1-7-15(4)18(20(28)25-13-12-14(2)3)26-21(29)19-24(5,6)31-23-17-11-9-8-10-16(17)22(30)27(19)23/h8-11,14-15,18-19,23H,7,12-13H2,1-6H3,(H,25,28)(H,26,29)/t15-,18-,19+,23-/m0/s1. The number of amides is 3. The van der Waals surface area contributed by atoms with E-state index < -0.39 is 16.8 Å². The first-order valence-corrected chi connectivity index (χ1v) is 12.1. The number of hydrogen-bond acceptors (Lipinski definition) is 4. The van der Waals surface area contributed by atoms with Gasteiger partial charge in [0, 0.05) is 16.9 Å². The first-order valence-electron chi connectivity index (χ1n) is 11.3. The van der Waals surface area contributed by atoms with E-state index in [0.717, 1.165) is 18.4 Å². The number of rotatable bonds is 8. The summed E-state index contributed by atoms with van der Waals surface area (Å²) in [5, 5.41) is 5.81. The molecule has 6 nitrogen and oxygen atoms in total. The zero-order valence-corrected chi connectivity index (χ0v) is 20.2. The molecule has 1 aromatic rings. The SMILES string of the molecule is CC[C@H](C)[C@H](NC(=O)[C@H]1N2C(=O)c3ccccc3[C@@H]2SC1(C)C)C(=O)NCCC(C)C. The number of nitrogens with zero attached hydrogens (tertiary/aromatic N) is 1. The van der Waals surface area contributed by atoms with E-state index in [1.54, 1.807) is 16.7 Å². The molecule has 0 aliphatic carbocycles. The minimum absolute atomic E-state index is 0.0116. The van der Waals surface area contributed by atoms with Crippen molar-refractivity contribution in [2.75, 3.05) is 6.54 Å². The smallest absolute Gasteiger partial charge is 0.256 e. The predicted molar refractivity (Wildman–Crippen MR) is 125 cm³/mol. The van der Waals surface area contributed by atoms with Crippen molar-refractivity contribution in [1.29, 1.82) is 0 Å². The normalized spacial score (nSPS) is 23.3. The Labute approximate surface area is 189 Å². The van der Waals surface area contributed by atoms with Crippen LogP contribution >= 0.6 is 11.8 Å². The zero-order chi connectivity index (χ0) is 22.9. The molecule has 0 unspecified atom stereocenters. The van der Waals surface area contributed by atoms with Gasteiger partial charge in [-0.15, -0.1) is 11.8 Å². The van der Waals surface area contributed by atoms with Crippen LogP contribution in [0.1, 0.15) is 75.7 Å². The van der Waals surface area contributed by atoms with Gasteiger partial charge in [0.25, 0.3) is 5.91 Å². The van der Waals surface area contributed by atoms with Gasteiger partial charge in [-0.25, -0.2) is 0 Å². The van der Waals surface area contributed by atoms with Gasteiger partial charge in [-0.1, -0.05) is 52.3 Å². The Balaban J connectivity index is 1.80. The first kappa shape index (κ1) is 23.6. The van der Waals surface area contributed by atoms with E-state index in [1.165, 1.54) is 0 Å². The molecule has 4 atom stereocenters. The lowest BCUT2D eigenvalue weighted by Gasteiger charge is -2.32. The molecule has 0 saturated carbocycles. The monoisotopic (exact) mass is 445 g/mol. The van der Waals surface area contributed by atoms with Gasteiger partial charge in [-0.05, 0) is 43.7 Å². The molecule has 3 rings (SSSR count). The summed E-state index contributed by atoms with van der Waals surface area (Å²) in [7, 11) is 0. The lowest BCUT2D eigenvalue weighted by molar-refractivity contribution is -0.133. The summed E-state index contributed by atoms with van der Waals surface area (Å²) < 4.78 is -0.466. The highest BCUT2D eigenvalue weighted by molar-refractivity contribution is 8.01. The lowest BCUT2D eigenvalue weighted by Crippen LogP contribution is -2.58.